The van der Waals surface area contributed by atoms with Crippen LogP contribution in [0.3, 0.4) is 0 Å². The summed E-state index contributed by atoms with van der Waals surface area (Å²) < 4.78 is 17.0. The van der Waals surface area contributed by atoms with Crippen molar-refractivity contribution in [2.45, 2.75) is 26.3 Å². The van der Waals surface area contributed by atoms with Crippen LogP contribution >= 0.6 is 0 Å². The molecule has 1 atom stereocenters. The van der Waals surface area contributed by atoms with Gasteiger partial charge in [0, 0.05) is 5.69 Å². The zero-order chi connectivity index (χ0) is 24.2. The van der Waals surface area contributed by atoms with Gasteiger partial charge in [0.05, 0.1) is 38.8 Å². The fourth-order valence-electron chi connectivity index (χ4n) is 4.26. The first kappa shape index (κ1) is 23.2. The van der Waals surface area contributed by atoms with Crippen molar-refractivity contribution in [2.24, 2.45) is 0 Å². The van der Waals surface area contributed by atoms with Crippen molar-refractivity contribution in [1.82, 2.24) is 0 Å². The van der Waals surface area contributed by atoms with Crippen LogP contribution in [0.15, 0.2) is 60.7 Å². The van der Waals surface area contributed by atoms with Crippen molar-refractivity contribution in [3.63, 3.8) is 0 Å². The number of methoxy groups -OCH3 is 1. The highest BCUT2D eigenvalue weighted by Gasteiger charge is 2.36. The van der Waals surface area contributed by atoms with Crippen molar-refractivity contribution in [1.29, 1.82) is 0 Å². The molecular weight excluding hydrogens is 434 g/mol. The molecule has 1 aliphatic rings. The number of anilines is 1. The fourth-order valence-corrected chi connectivity index (χ4v) is 4.26. The lowest BCUT2D eigenvalue weighted by atomic mass is 9.86. The molecule has 0 radical (unpaired) electrons. The van der Waals surface area contributed by atoms with E-state index in [0.29, 0.717) is 36.1 Å². The van der Waals surface area contributed by atoms with Gasteiger partial charge in [0.1, 0.15) is 5.75 Å². The Bertz CT molecular complexity index is 1190. The van der Waals surface area contributed by atoms with E-state index < -0.39 is 12.0 Å². The third-order valence-corrected chi connectivity index (χ3v) is 5.78. The molecule has 0 aliphatic carbocycles. The van der Waals surface area contributed by atoms with E-state index in [1.807, 2.05) is 50.2 Å². The highest BCUT2D eigenvalue weighted by molar-refractivity contribution is 5.99. The Labute approximate surface area is 198 Å². The van der Waals surface area contributed by atoms with E-state index in [0.717, 1.165) is 16.7 Å². The molecule has 1 amide bonds. The van der Waals surface area contributed by atoms with Crippen LogP contribution in [0.4, 0.5) is 5.69 Å². The average molecular weight is 461 g/mol. The number of carboxylic acid groups (broad SMARTS) is 1. The van der Waals surface area contributed by atoms with Gasteiger partial charge < -0.3 is 29.0 Å². The van der Waals surface area contributed by atoms with Gasteiger partial charge >= 0.3 is 0 Å². The lowest BCUT2D eigenvalue weighted by Crippen LogP contribution is -2.41. The summed E-state index contributed by atoms with van der Waals surface area (Å²) in [5, 5.41) is 11.2. The van der Waals surface area contributed by atoms with Gasteiger partial charge in [-0.2, -0.15) is 0 Å². The van der Waals surface area contributed by atoms with E-state index in [2.05, 4.69) is 0 Å². The Morgan fingerprint density at radius 2 is 1.59 bits per heavy atom. The fraction of sp³-hybridized carbons (Fsp3) is 0.259. The third-order valence-electron chi connectivity index (χ3n) is 5.78. The number of benzene rings is 3. The van der Waals surface area contributed by atoms with E-state index in [1.54, 1.807) is 24.1 Å². The van der Waals surface area contributed by atoms with Crippen LogP contribution in [0, 0.1) is 0 Å². The zero-order valence-electron chi connectivity index (χ0n) is 19.4. The predicted molar refractivity (Wildman–Crippen MR) is 126 cm³/mol. The molecule has 0 saturated carbocycles. The number of hydrogen-bond acceptors (Lipinski definition) is 6. The summed E-state index contributed by atoms with van der Waals surface area (Å²) in [6, 6.07) is 17.1. The molecule has 0 aromatic heterocycles. The molecule has 0 unspecified atom stereocenters. The van der Waals surface area contributed by atoms with Crippen LogP contribution in [0.2, 0.25) is 0 Å². The van der Waals surface area contributed by atoms with Crippen LogP contribution < -0.4 is 24.2 Å². The maximum atomic E-state index is 13.5. The van der Waals surface area contributed by atoms with E-state index in [4.69, 9.17) is 14.2 Å². The Kier molecular flexibility index (Phi) is 6.72. The van der Waals surface area contributed by atoms with E-state index in [9.17, 15) is 14.7 Å². The van der Waals surface area contributed by atoms with Gasteiger partial charge in [-0.1, -0.05) is 24.3 Å². The smallest absolute Gasteiger partial charge is 0.232 e. The second-order valence-electron chi connectivity index (χ2n) is 7.81. The van der Waals surface area contributed by atoms with Crippen molar-refractivity contribution >= 4 is 17.6 Å². The molecule has 3 aromatic rings. The van der Waals surface area contributed by atoms with Crippen molar-refractivity contribution in [3.8, 4) is 17.2 Å². The molecule has 0 saturated heterocycles. The first-order valence-electron chi connectivity index (χ1n) is 11.2. The Balaban J connectivity index is 1.89. The SMILES string of the molecule is CCOc1cc2c(cc1OCC)[C@H](c1ccc(OC)cc1)N(c1ccc(C(=O)[O-])cc1)C(=O)C2. The molecule has 0 fully saturated rings. The van der Waals surface area contributed by atoms with Gasteiger partial charge in [0.2, 0.25) is 5.91 Å². The zero-order valence-corrected chi connectivity index (χ0v) is 19.4. The summed E-state index contributed by atoms with van der Waals surface area (Å²) >= 11 is 0. The molecule has 7 heteroatoms. The first-order valence-corrected chi connectivity index (χ1v) is 11.2. The summed E-state index contributed by atoms with van der Waals surface area (Å²) in [6.45, 7) is 4.76. The van der Waals surface area contributed by atoms with Crippen molar-refractivity contribution in [3.05, 3.63) is 82.9 Å². The molecular formula is C27H26NO6-. The van der Waals surface area contributed by atoms with Gasteiger partial charge in [-0.05, 0) is 72.5 Å². The number of carbonyl (C=O) groups excluding carboxylic acids is 2. The maximum Gasteiger partial charge on any atom is 0.232 e. The number of ether oxygens (including phenoxy) is 3. The number of rotatable bonds is 8. The first-order chi connectivity index (χ1) is 16.5. The van der Waals surface area contributed by atoms with Gasteiger partial charge in [-0.3, -0.25) is 4.79 Å². The standard InChI is InChI=1S/C27H27NO6/c1-4-33-23-14-19-15-25(29)28(20-10-6-18(7-11-20)27(30)31)26(22(19)16-24(23)34-5-2)17-8-12-21(32-3)13-9-17/h6-14,16,26H,4-5,15H2,1-3H3,(H,30,31)/p-1/t26-/m0/s1. The highest BCUT2D eigenvalue weighted by Crippen LogP contribution is 2.43. The molecule has 0 spiro atoms. The summed E-state index contributed by atoms with van der Waals surface area (Å²) in [5.74, 6) is 0.552. The van der Waals surface area contributed by atoms with Crippen LogP contribution in [0.1, 0.15) is 46.9 Å². The maximum absolute atomic E-state index is 13.5. The van der Waals surface area contributed by atoms with E-state index in [-0.39, 0.29) is 17.9 Å². The quantitative estimate of drug-likeness (QED) is 0.511. The summed E-state index contributed by atoms with van der Waals surface area (Å²) in [5.41, 5.74) is 3.30. The Morgan fingerprint density at radius 1 is 0.971 bits per heavy atom. The van der Waals surface area contributed by atoms with Crippen LogP contribution in [-0.4, -0.2) is 32.2 Å². The van der Waals surface area contributed by atoms with Crippen LogP contribution in [-0.2, 0) is 11.2 Å². The normalized spacial score (nSPS) is 15.0. The molecule has 7 nitrogen and oxygen atoms in total. The molecule has 1 aliphatic heterocycles. The number of carboxylic acids is 1. The van der Waals surface area contributed by atoms with Crippen LogP contribution in [0.5, 0.6) is 17.2 Å². The number of hydrogen-bond donors (Lipinski definition) is 0. The number of aromatic carboxylic acids is 1. The largest absolute Gasteiger partial charge is 0.545 e. The number of carbonyl (C=O) groups is 2. The predicted octanol–water partition coefficient (Wildman–Crippen LogP) is 3.53. The Morgan fingerprint density at radius 3 is 2.15 bits per heavy atom. The van der Waals surface area contributed by atoms with Crippen LogP contribution in [0.25, 0.3) is 0 Å². The third kappa shape index (κ3) is 4.41. The monoisotopic (exact) mass is 460 g/mol. The second kappa shape index (κ2) is 9.87. The van der Waals surface area contributed by atoms with Gasteiger partial charge in [-0.25, -0.2) is 0 Å². The number of nitrogens with zero attached hydrogens (tertiary/aromatic N) is 1. The topological polar surface area (TPSA) is 88.1 Å². The summed E-state index contributed by atoms with van der Waals surface area (Å²) in [7, 11) is 1.60. The lowest BCUT2D eigenvalue weighted by molar-refractivity contribution is -0.255. The summed E-state index contributed by atoms with van der Waals surface area (Å²) in [6.07, 6.45) is 0.177. The molecule has 176 valence electrons. The Hall–Kier alpha value is -4.00. The average Bonchev–Trinajstić information content (AvgIpc) is 2.84. The van der Waals surface area contributed by atoms with E-state index in [1.165, 1.54) is 12.1 Å². The molecule has 34 heavy (non-hydrogen) atoms. The van der Waals surface area contributed by atoms with Gasteiger partial charge in [0.15, 0.2) is 11.5 Å². The number of amides is 1. The molecule has 0 bridgehead atoms. The van der Waals surface area contributed by atoms with Gasteiger partial charge in [0.25, 0.3) is 0 Å². The van der Waals surface area contributed by atoms with Gasteiger partial charge in [-0.15, -0.1) is 0 Å². The molecule has 0 N–H and O–H groups in total. The highest BCUT2D eigenvalue weighted by atomic mass is 16.5. The minimum atomic E-state index is -1.27. The lowest BCUT2D eigenvalue weighted by Gasteiger charge is -2.38. The molecule has 3 aromatic carbocycles. The minimum Gasteiger partial charge on any atom is -0.545 e. The minimum absolute atomic E-state index is 0.0506. The van der Waals surface area contributed by atoms with Crippen molar-refractivity contribution in [2.75, 3.05) is 25.2 Å². The van der Waals surface area contributed by atoms with E-state index >= 15 is 0 Å². The molecule has 4 rings (SSSR count). The van der Waals surface area contributed by atoms with Crippen molar-refractivity contribution < 1.29 is 28.9 Å². The summed E-state index contributed by atoms with van der Waals surface area (Å²) in [4.78, 5) is 26.4. The second-order valence-corrected chi connectivity index (χ2v) is 7.81. The number of fused-ring (bicyclic) bond motifs is 1. The molecule has 1 heterocycles.